The van der Waals surface area contributed by atoms with Crippen LogP contribution in [-0.2, 0) is 9.59 Å². The minimum absolute atomic E-state index is 0.156. The van der Waals surface area contributed by atoms with E-state index in [9.17, 15) is 9.59 Å². The summed E-state index contributed by atoms with van der Waals surface area (Å²) in [5, 5.41) is 9.55. The first kappa shape index (κ1) is 35.5. The van der Waals surface area contributed by atoms with Gasteiger partial charge in [-0.05, 0) is 93.0 Å². The van der Waals surface area contributed by atoms with Crippen LogP contribution in [0.1, 0.15) is 57.0 Å². The Labute approximate surface area is 327 Å². The summed E-state index contributed by atoms with van der Waals surface area (Å²) in [5.74, 6) is 1.04. The van der Waals surface area contributed by atoms with Crippen LogP contribution in [0.15, 0.2) is 85.5 Å². The second kappa shape index (κ2) is 14.2. The molecule has 1 saturated carbocycles. The number of alkyl halides is 1. The normalized spacial score (nSPS) is 25.3. The quantitative estimate of drug-likeness (QED) is 0.157. The number of hydrogen-bond acceptors (Lipinski definition) is 9. The van der Waals surface area contributed by atoms with Gasteiger partial charge in [-0.25, -0.2) is 23.4 Å². The molecule has 6 unspecified atom stereocenters. The Kier molecular flexibility index (Phi) is 8.88. The van der Waals surface area contributed by atoms with Gasteiger partial charge in [0.2, 0.25) is 11.8 Å². The summed E-state index contributed by atoms with van der Waals surface area (Å²) in [6, 6.07) is 20.0. The largest absolute Gasteiger partial charge is 0.457 e. The Morgan fingerprint density at radius 3 is 2.35 bits per heavy atom. The smallest absolute Gasteiger partial charge is 0.249 e. The molecular weight excluding hydrogens is 729 g/mol. The van der Waals surface area contributed by atoms with E-state index in [1.807, 2.05) is 66.9 Å². The van der Waals surface area contributed by atoms with Gasteiger partial charge >= 0.3 is 0 Å². The average molecular weight is 772 g/mol. The predicted octanol–water partition coefficient (Wildman–Crippen LogP) is 6.97. The highest BCUT2D eigenvalue weighted by Crippen LogP contribution is 2.42. The second-order valence-corrected chi connectivity index (χ2v) is 16.1. The van der Waals surface area contributed by atoms with Crippen molar-refractivity contribution in [2.75, 3.05) is 30.3 Å². The van der Waals surface area contributed by atoms with Crippen molar-refractivity contribution in [3.8, 4) is 22.8 Å². The fourth-order valence-corrected chi connectivity index (χ4v) is 9.77. The molecule has 3 aliphatic heterocycles. The summed E-state index contributed by atoms with van der Waals surface area (Å²) >= 11 is 0. The van der Waals surface area contributed by atoms with Crippen LogP contribution in [-0.4, -0.2) is 78.9 Å². The van der Waals surface area contributed by atoms with Gasteiger partial charge in [-0.3, -0.25) is 19.8 Å². The zero-order valence-corrected chi connectivity index (χ0v) is 31.3. The number of benzene rings is 3. The molecule has 6 heterocycles. The number of anilines is 2. The van der Waals surface area contributed by atoms with E-state index in [4.69, 9.17) is 15.6 Å². The van der Waals surface area contributed by atoms with Gasteiger partial charge in [0, 0.05) is 66.9 Å². The summed E-state index contributed by atoms with van der Waals surface area (Å²) in [6.07, 6.45) is 8.48. The third-order valence-corrected chi connectivity index (χ3v) is 12.4. The summed E-state index contributed by atoms with van der Waals surface area (Å²) < 4.78 is 41.7. The third-order valence-electron chi connectivity index (χ3n) is 12.4. The lowest BCUT2D eigenvalue weighted by atomic mass is 9.84. The minimum Gasteiger partial charge on any atom is -0.457 e. The van der Waals surface area contributed by atoms with E-state index in [1.54, 1.807) is 21.5 Å². The Balaban J connectivity index is 0.813. The van der Waals surface area contributed by atoms with Crippen LogP contribution in [0.4, 0.5) is 20.3 Å². The third kappa shape index (κ3) is 6.55. The fraction of sp³-hybridized carbons (Fsp3) is 0.372. The number of ether oxygens (including phenoxy) is 1. The van der Waals surface area contributed by atoms with Crippen molar-refractivity contribution in [2.24, 2.45) is 5.92 Å². The highest BCUT2D eigenvalue weighted by Gasteiger charge is 2.43. The predicted molar refractivity (Wildman–Crippen MR) is 212 cm³/mol. The summed E-state index contributed by atoms with van der Waals surface area (Å²) in [5.41, 5.74) is 8.93. The molecule has 4 fully saturated rings. The second-order valence-electron chi connectivity index (χ2n) is 16.1. The highest BCUT2D eigenvalue weighted by molar-refractivity contribution is 6.00. The van der Waals surface area contributed by atoms with Crippen LogP contribution in [0, 0.1) is 11.7 Å². The molecule has 0 spiro atoms. The lowest BCUT2D eigenvalue weighted by molar-refractivity contribution is -0.135. The Morgan fingerprint density at radius 1 is 0.877 bits per heavy atom. The molecule has 3 N–H and O–H groups in total. The maximum absolute atomic E-state index is 16.4. The van der Waals surface area contributed by atoms with Gasteiger partial charge in [-0.2, -0.15) is 5.10 Å². The molecular formula is C43H43F2N9O3. The molecule has 1 aliphatic carbocycles. The number of piperidine rings is 1. The van der Waals surface area contributed by atoms with Crippen molar-refractivity contribution in [1.82, 2.24) is 34.5 Å². The number of imide groups is 1. The molecule has 2 amide bonds. The molecule has 12 nitrogen and oxygen atoms in total. The topological polar surface area (TPSA) is 136 Å². The Bertz CT molecular complexity index is 2480. The minimum atomic E-state index is -1.12. The van der Waals surface area contributed by atoms with Gasteiger partial charge in [0.1, 0.15) is 47.4 Å². The number of nitrogens with two attached hydrogens (primary N) is 1. The number of nitrogens with zero attached hydrogens (tertiary/aromatic N) is 7. The van der Waals surface area contributed by atoms with Crippen molar-refractivity contribution in [3.63, 3.8) is 0 Å². The Morgan fingerprint density at radius 2 is 1.61 bits per heavy atom. The molecule has 57 heavy (non-hydrogen) atoms. The number of piperazine rings is 1. The van der Waals surface area contributed by atoms with Crippen LogP contribution in [0.5, 0.6) is 11.5 Å². The number of para-hydroxylation sites is 1. The van der Waals surface area contributed by atoms with E-state index < -0.39 is 18.3 Å². The first-order chi connectivity index (χ1) is 27.8. The van der Waals surface area contributed by atoms with Gasteiger partial charge in [0.25, 0.3) is 0 Å². The molecule has 3 aromatic heterocycles. The molecule has 2 bridgehead atoms. The molecule has 4 aliphatic rings. The zero-order valence-electron chi connectivity index (χ0n) is 31.3. The van der Waals surface area contributed by atoms with Crippen LogP contribution >= 0.6 is 0 Å². The van der Waals surface area contributed by atoms with E-state index in [0.29, 0.717) is 53.2 Å². The average Bonchev–Trinajstić information content (AvgIpc) is 3.87. The number of carbonyl (C=O) groups is 2. The van der Waals surface area contributed by atoms with Gasteiger partial charge < -0.3 is 19.9 Å². The molecule has 292 valence electrons. The number of rotatable bonds is 8. The van der Waals surface area contributed by atoms with Gasteiger partial charge in [0.05, 0.1) is 17.1 Å². The maximum Gasteiger partial charge on any atom is 0.249 e. The number of likely N-dealkylation sites (tertiary alicyclic amines) is 1. The number of halogens is 2. The monoisotopic (exact) mass is 771 g/mol. The zero-order chi connectivity index (χ0) is 38.8. The number of carbonyl (C=O) groups excluding carboxylic acids is 2. The molecule has 0 radical (unpaired) electrons. The van der Waals surface area contributed by atoms with E-state index in [0.717, 1.165) is 61.0 Å². The first-order valence-electron chi connectivity index (χ1n) is 19.9. The van der Waals surface area contributed by atoms with Crippen LogP contribution in [0.2, 0.25) is 0 Å². The highest BCUT2D eigenvalue weighted by atomic mass is 19.1. The SMILES string of the molecule is Nc1ncnc2c1c(-c1ccc(Oc3ccccc3)cc1)nn2C1CCC(CN2CC3CCC(C2)N3c2cc3cn(C4CCC(=O)NC4=O)cc3cc2F)CC1F. The van der Waals surface area contributed by atoms with Crippen LogP contribution < -0.4 is 20.7 Å². The van der Waals surface area contributed by atoms with Crippen molar-refractivity contribution >= 4 is 45.1 Å². The lowest BCUT2D eigenvalue weighted by Crippen LogP contribution is -2.55. The van der Waals surface area contributed by atoms with Crippen LogP contribution in [0.3, 0.4) is 0 Å². The van der Waals surface area contributed by atoms with Crippen molar-refractivity contribution in [3.05, 3.63) is 91.3 Å². The van der Waals surface area contributed by atoms with E-state index >= 15 is 8.78 Å². The van der Waals surface area contributed by atoms with Gasteiger partial charge in [-0.1, -0.05) is 18.2 Å². The molecule has 3 aromatic carbocycles. The van der Waals surface area contributed by atoms with Crippen molar-refractivity contribution < 1.29 is 23.1 Å². The first-order valence-corrected chi connectivity index (χ1v) is 19.9. The molecule has 14 heteroatoms. The molecule has 10 rings (SSSR count). The summed E-state index contributed by atoms with van der Waals surface area (Å²) in [7, 11) is 0. The standard InChI is InChI=1S/C43H43F2N9O3/c44-33-16-25(6-13-35(33)54-42-39(41(46)47-24-48-42)40(50-54)26-7-11-32(12-8-26)57-31-4-2-1-3-5-31)19-51-22-29-9-10-30(23-51)53(29)37-18-28-21-52(20-27(28)17-34(37)45)36-14-15-38(55)49-43(36)56/h1-5,7-8,11-12,17-18,20-21,24-25,29-30,33,35-36H,6,9-10,13-16,19,22-23H2,(H2,46,47,48)(H,49,55,56). The fourth-order valence-electron chi connectivity index (χ4n) is 9.77. The molecule has 6 atom stereocenters. The van der Waals surface area contributed by atoms with Crippen molar-refractivity contribution in [1.29, 1.82) is 0 Å². The number of hydrogen-bond donors (Lipinski definition) is 2. The van der Waals surface area contributed by atoms with E-state index in [-0.39, 0.29) is 42.1 Å². The summed E-state index contributed by atoms with van der Waals surface area (Å²) in [4.78, 5) is 37.7. The Hall–Kier alpha value is -5.89. The molecule has 6 aromatic rings. The van der Waals surface area contributed by atoms with E-state index in [2.05, 4.69) is 25.1 Å². The number of nitrogen functional groups attached to an aromatic ring is 1. The lowest BCUT2D eigenvalue weighted by Gasteiger charge is -2.44. The van der Waals surface area contributed by atoms with Crippen molar-refractivity contribution in [2.45, 2.75) is 75.3 Å². The van der Waals surface area contributed by atoms with Gasteiger partial charge in [-0.15, -0.1) is 0 Å². The number of aromatic nitrogens is 5. The number of fused-ring (bicyclic) bond motifs is 4. The number of nitrogens with one attached hydrogen (secondary N) is 1. The number of amides is 2. The summed E-state index contributed by atoms with van der Waals surface area (Å²) in [6.45, 7) is 2.38. The maximum atomic E-state index is 16.4. The van der Waals surface area contributed by atoms with E-state index in [1.165, 1.54) is 6.33 Å². The van der Waals surface area contributed by atoms with Gasteiger partial charge in [0.15, 0.2) is 5.65 Å². The van der Waals surface area contributed by atoms with Crippen LogP contribution in [0.25, 0.3) is 33.1 Å². The molecule has 3 saturated heterocycles.